The zero-order valence-electron chi connectivity index (χ0n) is 23.0. The summed E-state index contributed by atoms with van der Waals surface area (Å²) in [7, 11) is 0. The summed E-state index contributed by atoms with van der Waals surface area (Å²) in [6, 6.07) is 7.30. The number of likely N-dealkylation sites (tertiary alicyclic amines) is 1. The minimum atomic E-state index is -0.666. The Morgan fingerprint density at radius 2 is 1.76 bits per heavy atom. The number of hydrogen-bond donors (Lipinski definition) is 2. The first kappa shape index (κ1) is 30.4. The molecular weight excluding hydrogens is 595 g/mol. The van der Waals surface area contributed by atoms with Gasteiger partial charge in [0, 0.05) is 23.3 Å². The summed E-state index contributed by atoms with van der Waals surface area (Å²) in [4.78, 5) is 44.5. The van der Waals surface area contributed by atoms with E-state index in [0.29, 0.717) is 0 Å². The SMILES string of the molecule is CC(C)NC(=O)c1cc(Cl)cc(Cl)c1NC(=O)c1cc(OC2CN(C(=O)OC(C)(C)C)C2)nn1-c1ncccc1Cl. The zero-order valence-corrected chi connectivity index (χ0v) is 25.3. The molecule has 2 aromatic heterocycles. The van der Waals surface area contributed by atoms with Crippen molar-refractivity contribution in [3.63, 3.8) is 0 Å². The molecule has 1 aliphatic rings. The molecule has 11 nitrogen and oxygen atoms in total. The second kappa shape index (κ2) is 12.1. The fourth-order valence-electron chi connectivity index (χ4n) is 3.83. The van der Waals surface area contributed by atoms with E-state index < -0.39 is 23.5 Å². The Labute approximate surface area is 252 Å². The molecule has 1 aromatic carbocycles. The van der Waals surface area contributed by atoms with E-state index >= 15 is 0 Å². The van der Waals surface area contributed by atoms with Crippen LogP contribution in [0.2, 0.25) is 15.1 Å². The van der Waals surface area contributed by atoms with Gasteiger partial charge in [0.05, 0.1) is 34.4 Å². The molecule has 41 heavy (non-hydrogen) atoms. The molecule has 3 heterocycles. The van der Waals surface area contributed by atoms with E-state index in [1.165, 1.54) is 34.0 Å². The van der Waals surface area contributed by atoms with Gasteiger partial charge in [0.1, 0.15) is 17.4 Å². The molecule has 2 N–H and O–H groups in total. The van der Waals surface area contributed by atoms with E-state index in [-0.39, 0.29) is 68.9 Å². The molecule has 0 saturated carbocycles. The second-order valence-electron chi connectivity index (χ2n) is 10.6. The minimum absolute atomic E-state index is 0.00477. The lowest BCUT2D eigenvalue weighted by Crippen LogP contribution is -2.57. The van der Waals surface area contributed by atoms with Gasteiger partial charge in [-0.25, -0.2) is 14.5 Å². The Bertz CT molecular complexity index is 1480. The highest BCUT2D eigenvalue weighted by Gasteiger charge is 2.36. The number of rotatable bonds is 7. The lowest BCUT2D eigenvalue weighted by atomic mass is 10.1. The normalized spacial score (nSPS) is 13.5. The van der Waals surface area contributed by atoms with Crippen LogP contribution in [-0.4, -0.2) is 68.4 Å². The monoisotopic (exact) mass is 622 g/mol. The van der Waals surface area contributed by atoms with E-state index in [4.69, 9.17) is 44.3 Å². The van der Waals surface area contributed by atoms with Gasteiger partial charge in [-0.05, 0) is 58.9 Å². The van der Waals surface area contributed by atoms with Gasteiger partial charge >= 0.3 is 6.09 Å². The van der Waals surface area contributed by atoms with Gasteiger partial charge in [0.2, 0.25) is 5.88 Å². The number of nitrogens with zero attached hydrogens (tertiary/aromatic N) is 4. The van der Waals surface area contributed by atoms with E-state index in [1.54, 1.807) is 46.8 Å². The summed E-state index contributed by atoms with van der Waals surface area (Å²) in [5.74, 6) is -0.853. The van der Waals surface area contributed by atoms with Crippen molar-refractivity contribution in [1.82, 2.24) is 25.0 Å². The number of aromatic nitrogens is 3. The number of anilines is 1. The highest BCUT2D eigenvalue weighted by atomic mass is 35.5. The largest absolute Gasteiger partial charge is 0.469 e. The molecule has 14 heteroatoms. The van der Waals surface area contributed by atoms with Crippen LogP contribution in [0.3, 0.4) is 0 Å². The van der Waals surface area contributed by atoms with Crippen molar-refractivity contribution >= 4 is 58.4 Å². The molecule has 1 saturated heterocycles. The summed E-state index contributed by atoms with van der Waals surface area (Å²) in [5, 5.41) is 10.4. The highest BCUT2D eigenvalue weighted by Crippen LogP contribution is 2.32. The molecule has 3 amide bonds. The maximum absolute atomic E-state index is 13.6. The summed E-state index contributed by atoms with van der Waals surface area (Å²) < 4.78 is 12.6. The fraction of sp³-hybridized carbons (Fsp3) is 0.370. The maximum atomic E-state index is 13.6. The quantitative estimate of drug-likeness (QED) is 0.350. The molecule has 0 atom stereocenters. The first-order valence-corrected chi connectivity index (χ1v) is 13.8. The summed E-state index contributed by atoms with van der Waals surface area (Å²) >= 11 is 18.9. The number of benzene rings is 1. The van der Waals surface area contributed by atoms with Gasteiger partial charge in [-0.2, -0.15) is 0 Å². The summed E-state index contributed by atoms with van der Waals surface area (Å²) in [6.07, 6.45) is 0.679. The Balaban J connectivity index is 1.61. The van der Waals surface area contributed by atoms with E-state index in [9.17, 15) is 14.4 Å². The van der Waals surface area contributed by atoms with E-state index in [2.05, 4.69) is 20.7 Å². The second-order valence-corrected chi connectivity index (χ2v) is 11.9. The van der Waals surface area contributed by atoms with Crippen LogP contribution >= 0.6 is 34.8 Å². The number of hydrogen-bond acceptors (Lipinski definition) is 7. The Morgan fingerprint density at radius 3 is 2.39 bits per heavy atom. The lowest BCUT2D eigenvalue weighted by molar-refractivity contribution is -0.0233. The molecule has 1 aliphatic heterocycles. The van der Waals surface area contributed by atoms with E-state index in [0.717, 1.165) is 0 Å². The van der Waals surface area contributed by atoms with Crippen LogP contribution in [0, 0.1) is 0 Å². The van der Waals surface area contributed by atoms with Crippen molar-refractivity contribution < 1.29 is 23.9 Å². The topological polar surface area (TPSA) is 128 Å². The number of carbonyl (C=O) groups is 3. The van der Waals surface area contributed by atoms with Crippen molar-refractivity contribution in [1.29, 1.82) is 0 Å². The van der Waals surface area contributed by atoms with Gasteiger partial charge in [0.25, 0.3) is 11.8 Å². The number of ether oxygens (including phenoxy) is 2. The Hall–Kier alpha value is -3.54. The van der Waals surface area contributed by atoms with Crippen LogP contribution < -0.4 is 15.4 Å². The van der Waals surface area contributed by atoms with Crippen molar-refractivity contribution in [3.05, 3.63) is 62.9 Å². The molecule has 0 aliphatic carbocycles. The van der Waals surface area contributed by atoms with Crippen LogP contribution in [0.1, 0.15) is 55.5 Å². The summed E-state index contributed by atoms with van der Waals surface area (Å²) in [6.45, 7) is 9.53. The number of amides is 3. The molecule has 0 radical (unpaired) electrons. The molecule has 1 fully saturated rings. The number of halogens is 3. The lowest BCUT2D eigenvalue weighted by Gasteiger charge is -2.38. The number of nitrogens with one attached hydrogen (secondary N) is 2. The van der Waals surface area contributed by atoms with Gasteiger partial charge in [-0.3, -0.25) is 9.59 Å². The fourth-order valence-corrected chi connectivity index (χ4v) is 4.57. The van der Waals surface area contributed by atoms with Gasteiger partial charge in [0.15, 0.2) is 5.82 Å². The predicted molar refractivity (Wildman–Crippen MR) is 156 cm³/mol. The maximum Gasteiger partial charge on any atom is 0.410 e. The highest BCUT2D eigenvalue weighted by molar-refractivity contribution is 6.38. The van der Waals surface area contributed by atoms with Crippen LogP contribution in [0.25, 0.3) is 5.82 Å². The molecule has 3 aromatic rings. The minimum Gasteiger partial charge on any atom is -0.469 e. The van der Waals surface area contributed by atoms with Crippen LogP contribution in [0.15, 0.2) is 36.5 Å². The average molecular weight is 624 g/mol. The molecule has 218 valence electrons. The first-order chi connectivity index (χ1) is 19.2. The smallest absolute Gasteiger partial charge is 0.410 e. The van der Waals surface area contributed by atoms with Crippen LogP contribution in [0.4, 0.5) is 10.5 Å². The standard InChI is InChI=1S/C27H29Cl3N6O5/c1-14(2)32-24(37)17-9-15(28)10-19(30)22(17)33-25(38)20-11-21(34-36(20)23-18(29)7-6-8-31-23)40-16-12-35(13-16)26(39)41-27(3,4)5/h6-11,14,16H,12-13H2,1-5H3,(H,32,37)(H,33,38). The van der Waals surface area contributed by atoms with Crippen LogP contribution in [0.5, 0.6) is 5.88 Å². The molecule has 0 unspecified atom stereocenters. The van der Waals surface area contributed by atoms with Crippen molar-refractivity contribution in [2.45, 2.75) is 52.4 Å². The summed E-state index contributed by atoms with van der Waals surface area (Å²) in [5.41, 5.74) is -0.465. The van der Waals surface area contributed by atoms with E-state index in [1.807, 2.05) is 0 Å². The van der Waals surface area contributed by atoms with Gasteiger partial charge in [-0.15, -0.1) is 5.10 Å². The Morgan fingerprint density at radius 1 is 1.05 bits per heavy atom. The predicted octanol–water partition coefficient (Wildman–Crippen LogP) is 5.62. The average Bonchev–Trinajstić information content (AvgIpc) is 3.25. The van der Waals surface area contributed by atoms with Gasteiger partial charge in [-0.1, -0.05) is 34.8 Å². The zero-order chi connectivity index (χ0) is 30.1. The first-order valence-electron chi connectivity index (χ1n) is 12.7. The molecule has 0 spiro atoms. The molecular formula is C27H29Cl3N6O5. The third-order valence-corrected chi connectivity index (χ3v) is 6.42. The van der Waals surface area contributed by atoms with Crippen molar-refractivity contribution in [2.75, 3.05) is 18.4 Å². The third kappa shape index (κ3) is 7.41. The van der Waals surface area contributed by atoms with Crippen molar-refractivity contribution in [2.24, 2.45) is 0 Å². The Kier molecular flexibility index (Phi) is 9.00. The molecule has 0 bridgehead atoms. The number of carbonyl (C=O) groups excluding carboxylic acids is 3. The third-order valence-electron chi connectivity index (χ3n) is 5.60. The van der Waals surface area contributed by atoms with Crippen molar-refractivity contribution in [3.8, 4) is 11.7 Å². The number of pyridine rings is 1. The van der Waals surface area contributed by atoms with Gasteiger partial charge < -0.3 is 25.0 Å². The van der Waals surface area contributed by atoms with Crippen LogP contribution in [-0.2, 0) is 4.74 Å². The molecule has 4 rings (SSSR count).